The Hall–Kier alpha value is -3.44. The summed E-state index contributed by atoms with van der Waals surface area (Å²) in [7, 11) is 1.43. The van der Waals surface area contributed by atoms with Crippen molar-refractivity contribution in [3.8, 4) is 17.6 Å². The first kappa shape index (κ1) is 22.2. The van der Waals surface area contributed by atoms with Crippen molar-refractivity contribution in [1.82, 2.24) is 5.32 Å². The third kappa shape index (κ3) is 5.19. The second-order valence-electron chi connectivity index (χ2n) is 7.25. The van der Waals surface area contributed by atoms with Crippen molar-refractivity contribution in [3.63, 3.8) is 0 Å². The molecule has 0 saturated carbocycles. The summed E-state index contributed by atoms with van der Waals surface area (Å²) in [5.74, 6) is -0.674. The summed E-state index contributed by atoms with van der Waals surface area (Å²) in [6, 6.07) is 12.7. The SMILES string of the molecule is COc1cc([C@@H]2CC(=O)NC(SCC(=O)Nc3cc(C)ccc3C)=C2C#N)ccc1O. The van der Waals surface area contributed by atoms with E-state index in [1.54, 1.807) is 12.1 Å². The Kier molecular flexibility index (Phi) is 6.88. The second kappa shape index (κ2) is 9.58. The van der Waals surface area contributed by atoms with Gasteiger partial charge in [0.05, 0.1) is 29.5 Å². The number of hydrogen-bond acceptors (Lipinski definition) is 6. The summed E-state index contributed by atoms with van der Waals surface area (Å²) in [5, 5.41) is 25.6. The monoisotopic (exact) mass is 437 g/mol. The van der Waals surface area contributed by atoms with E-state index in [1.807, 2.05) is 32.0 Å². The van der Waals surface area contributed by atoms with Gasteiger partial charge in [-0.1, -0.05) is 30.0 Å². The highest BCUT2D eigenvalue weighted by atomic mass is 32.2. The molecule has 2 aromatic carbocycles. The first-order valence-corrected chi connectivity index (χ1v) is 10.6. The zero-order chi connectivity index (χ0) is 22.5. The number of thioether (sulfide) groups is 1. The fraction of sp³-hybridized carbons (Fsp3) is 0.261. The average Bonchev–Trinajstić information content (AvgIpc) is 2.74. The number of carbonyl (C=O) groups is 2. The normalized spacial score (nSPS) is 15.8. The summed E-state index contributed by atoms with van der Waals surface area (Å²) in [4.78, 5) is 24.8. The molecule has 0 aliphatic carbocycles. The largest absolute Gasteiger partial charge is 0.504 e. The number of anilines is 1. The van der Waals surface area contributed by atoms with Gasteiger partial charge < -0.3 is 20.5 Å². The minimum atomic E-state index is -0.488. The predicted molar refractivity (Wildman–Crippen MR) is 120 cm³/mol. The molecule has 1 aliphatic heterocycles. The molecule has 1 atom stereocenters. The van der Waals surface area contributed by atoms with Crippen molar-refractivity contribution in [2.24, 2.45) is 0 Å². The van der Waals surface area contributed by atoms with Crippen LogP contribution in [0.3, 0.4) is 0 Å². The van der Waals surface area contributed by atoms with Crippen LogP contribution in [-0.2, 0) is 9.59 Å². The van der Waals surface area contributed by atoms with Gasteiger partial charge in [-0.3, -0.25) is 9.59 Å². The lowest BCUT2D eigenvalue weighted by Crippen LogP contribution is -2.31. The summed E-state index contributed by atoms with van der Waals surface area (Å²) >= 11 is 1.12. The van der Waals surface area contributed by atoms with Crippen molar-refractivity contribution < 1.29 is 19.4 Å². The van der Waals surface area contributed by atoms with E-state index in [2.05, 4.69) is 16.7 Å². The van der Waals surface area contributed by atoms with Gasteiger partial charge in [0.15, 0.2) is 11.5 Å². The van der Waals surface area contributed by atoms with Crippen molar-refractivity contribution in [2.45, 2.75) is 26.2 Å². The molecule has 0 radical (unpaired) electrons. The summed E-state index contributed by atoms with van der Waals surface area (Å²) in [5.41, 5.74) is 3.78. The fourth-order valence-electron chi connectivity index (χ4n) is 3.32. The lowest BCUT2D eigenvalue weighted by atomic mass is 9.87. The number of nitrogens with one attached hydrogen (secondary N) is 2. The van der Waals surface area contributed by atoms with Crippen LogP contribution >= 0.6 is 11.8 Å². The molecule has 3 N–H and O–H groups in total. The van der Waals surface area contributed by atoms with Gasteiger partial charge in [0.2, 0.25) is 11.8 Å². The molecular weight excluding hydrogens is 414 g/mol. The zero-order valence-corrected chi connectivity index (χ0v) is 18.3. The smallest absolute Gasteiger partial charge is 0.234 e. The Labute approximate surface area is 185 Å². The summed E-state index contributed by atoms with van der Waals surface area (Å²) in [6.45, 7) is 3.86. The van der Waals surface area contributed by atoms with Crippen LogP contribution in [0.2, 0.25) is 0 Å². The molecule has 0 unspecified atom stereocenters. The Balaban J connectivity index is 1.80. The quantitative estimate of drug-likeness (QED) is 0.635. The van der Waals surface area contributed by atoms with Crippen LogP contribution in [0.1, 0.15) is 29.0 Å². The van der Waals surface area contributed by atoms with E-state index in [1.165, 1.54) is 13.2 Å². The molecule has 0 spiro atoms. The molecule has 0 fully saturated rings. The number of amides is 2. The lowest BCUT2D eigenvalue weighted by molar-refractivity contribution is -0.121. The molecule has 0 saturated heterocycles. The van der Waals surface area contributed by atoms with Gasteiger partial charge in [-0.25, -0.2) is 0 Å². The Morgan fingerprint density at radius 3 is 2.81 bits per heavy atom. The lowest BCUT2D eigenvalue weighted by Gasteiger charge is -2.25. The van der Waals surface area contributed by atoms with Gasteiger partial charge >= 0.3 is 0 Å². The number of phenolic OH excluding ortho intramolecular Hbond substituents is 1. The molecule has 7 nitrogen and oxygen atoms in total. The Morgan fingerprint density at radius 1 is 1.32 bits per heavy atom. The highest BCUT2D eigenvalue weighted by Gasteiger charge is 2.30. The van der Waals surface area contributed by atoms with Crippen LogP contribution in [0.25, 0.3) is 0 Å². The second-order valence-corrected chi connectivity index (χ2v) is 8.23. The first-order valence-electron chi connectivity index (χ1n) is 9.63. The topological polar surface area (TPSA) is 111 Å². The number of aromatic hydroxyl groups is 1. The van der Waals surface area contributed by atoms with Crippen LogP contribution in [0, 0.1) is 25.2 Å². The Morgan fingerprint density at radius 2 is 2.10 bits per heavy atom. The zero-order valence-electron chi connectivity index (χ0n) is 17.5. The van der Waals surface area contributed by atoms with E-state index < -0.39 is 5.92 Å². The molecule has 0 aromatic heterocycles. The minimum Gasteiger partial charge on any atom is -0.504 e. The third-order valence-corrected chi connectivity index (χ3v) is 5.99. The van der Waals surface area contributed by atoms with Crippen LogP contribution in [0.15, 0.2) is 47.0 Å². The van der Waals surface area contributed by atoms with E-state index in [-0.39, 0.29) is 35.5 Å². The van der Waals surface area contributed by atoms with E-state index >= 15 is 0 Å². The average molecular weight is 438 g/mol. The first-order chi connectivity index (χ1) is 14.8. The summed E-state index contributed by atoms with van der Waals surface area (Å²) in [6.07, 6.45) is 0.0928. The number of rotatable bonds is 6. The van der Waals surface area contributed by atoms with E-state index in [4.69, 9.17) is 4.74 Å². The highest BCUT2D eigenvalue weighted by Crippen LogP contribution is 2.39. The molecule has 160 valence electrons. The van der Waals surface area contributed by atoms with E-state index in [0.717, 1.165) is 28.6 Å². The number of methoxy groups -OCH3 is 1. The molecule has 1 heterocycles. The van der Waals surface area contributed by atoms with Crippen molar-refractivity contribution in [1.29, 1.82) is 5.26 Å². The van der Waals surface area contributed by atoms with Gasteiger partial charge in [-0.15, -0.1) is 0 Å². The van der Waals surface area contributed by atoms with Crippen LogP contribution in [0.5, 0.6) is 11.5 Å². The minimum absolute atomic E-state index is 0.0216. The van der Waals surface area contributed by atoms with Crippen LogP contribution in [0.4, 0.5) is 5.69 Å². The molecule has 8 heteroatoms. The number of phenols is 1. The Bertz CT molecular complexity index is 1100. The molecule has 2 aromatic rings. The number of aryl methyl sites for hydroxylation is 2. The maximum Gasteiger partial charge on any atom is 0.234 e. The number of carbonyl (C=O) groups excluding carboxylic acids is 2. The number of benzene rings is 2. The number of nitrogens with zero attached hydrogens (tertiary/aromatic N) is 1. The van der Waals surface area contributed by atoms with E-state index in [0.29, 0.717) is 16.2 Å². The van der Waals surface area contributed by atoms with Crippen LogP contribution in [-0.4, -0.2) is 29.8 Å². The van der Waals surface area contributed by atoms with Gasteiger partial charge in [-0.05, 0) is 48.7 Å². The maximum atomic E-state index is 12.5. The van der Waals surface area contributed by atoms with Gasteiger partial charge in [-0.2, -0.15) is 5.26 Å². The van der Waals surface area contributed by atoms with Crippen LogP contribution < -0.4 is 15.4 Å². The number of nitriles is 1. The molecule has 0 bridgehead atoms. The van der Waals surface area contributed by atoms with E-state index in [9.17, 15) is 20.0 Å². The number of allylic oxidation sites excluding steroid dienone is 1. The summed E-state index contributed by atoms with van der Waals surface area (Å²) < 4.78 is 5.14. The third-order valence-electron chi connectivity index (χ3n) is 4.98. The van der Waals surface area contributed by atoms with Crippen molar-refractivity contribution >= 4 is 29.3 Å². The van der Waals surface area contributed by atoms with Gasteiger partial charge in [0.25, 0.3) is 0 Å². The fourth-order valence-corrected chi connectivity index (χ4v) is 4.20. The number of ether oxygens (including phenoxy) is 1. The van der Waals surface area contributed by atoms with Gasteiger partial charge in [0.1, 0.15) is 0 Å². The highest BCUT2D eigenvalue weighted by molar-refractivity contribution is 8.03. The molecule has 31 heavy (non-hydrogen) atoms. The standard InChI is InChI=1S/C23H23N3O4S/c1-13-4-5-14(2)18(8-13)25-22(29)12-31-23-17(11-24)16(10-21(28)26-23)15-6-7-19(27)20(9-15)30-3/h4-9,16,27H,10,12H2,1-3H3,(H,25,29)(H,26,28)/t16-/m0/s1. The molecule has 1 aliphatic rings. The predicted octanol–water partition coefficient (Wildman–Crippen LogP) is 3.73. The molecule has 2 amide bonds. The van der Waals surface area contributed by atoms with Crippen molar-refractivity contribution in [2.75, 3.05) is 18.2 Å². The number of hydrogen-bond donors (Lipinski definition) is 3. The molecular formula is C23H23N3O4S. The van der Waals surface area contributed by atoms with Crippen molar-refractivity contribution in [3.05, 3.63) is 63.7 Å². The molecule has 3 rings (SSSR count). The maximum absolute atomic E-state index is 12.5. The van der Waals surface area contributed by atoms with Gasteiger partial charge in [0, 0.05) is 18.0 Å².